The van der Waals surface area contributed by atoms with E-state index in [-0.39, 0.29) is 17.9 Å². The molecule has 0 unspecified atom stereocenters. The summed E-state index contributed by atoms with van der Waals surface area (Å²) in [5.41, 5.74) is 0.649. The van der Waals surface area contributed by atoms with Crippen molar-refractivity contribution in [1.82, 2.24) is 5.32 Å². The molecule has 0 aliphatic rings. The van der Waals surface area contributed by atoms with Crippen molar-refractivity contribution >= 4 is 23.5 Å². The third-order valence-corrected chi connectivity index (χ3v) is 2.68. The van der Waals surface area contributed by atoms with Crippen molar-refractivity contribution in [1.29, 1.82) is 0 Å². The van der Waals surface area contributed by atoms with Crippen LogP contribution < -0.4 is 10.6 Å². The van der Waals surface area contributed by atoms with Gasteiger partial charge >= 0.3 is 5.97 Å². The zero-order chi connectivity index (χ0) is 15.8. The van der Waals surface area contributed by atoms with E-state index in [0.29, 0.717) is 5.69 Å². The maximum atomic E-state index is 12.2. The summed E-state index contributed by atoms with van der Waals surface area (Å²) < 4.78 is 4.63. The van der Waals surface area contributed by atoms with Gasteiger partial charge in [-0.2, -0.15) is 0 Å². The number of hydrogen-bond acceptors (Lipinski definition) is 4. The zero-order valence-electron chi connectivity index (χ0n) is 12.0. The van der Waals surface area contributed by atoms with Crippen molar-refractivity contribution in [2.45, 2.75) is 19.4 Å². The number of para-hydroxylation sites is 1. The van der Waals surface area contributed by atoms with Crippen LogP contribution in [0.2, 0.25) is 0 Å². The fraction of sp³-hybridized carbons (Fsp3) is 0.267. The molecule has 2 N–H and O–H groups in total. The lowest BCUT2D eigenvalue weighted by atomic mass is 10.1. The van der Waals surface area contributed by atoms with Crippen LogP contribution in [0.1, 0.15) is 23.7 Å². The molecule has 0 saturated carbocycles. The van der Waals surface area contributed by atoms with Crippen LogP contribution in [0.3, 0.4) is 0 Å². The van der Waals surface area contributed by atoms with Crippen molar-refractivity contribution in [3.63, 3.8) is 0 Å². The molecule has 0 aromatic heterocycles. The molecular weight excluding hydrogens is 272 g/mol. The summed E-state index contributed by atoms with van der Waals surface area (Å²) in [5, 5.41) is 5.13. The molecule has 0 bridgehead atoms. The second kappa shape index (κ2) is 7.84. The van der Waals surface area contributed by atoms with E-state index in [2.05, 4.69) is 21.9 Å². The smallest absolute Gasteiger partial charge is 0.328 e. The van der Waals surface area contributed by atoms with E-state index in [1.165, 1.54) is 20.1 Å². The Morgan fingerprint density at radius 3 is 2.57 bits per heavy atom. The number of ether oxygens (including phenoxy) is 1. The van der Waals surface area contributed by atoms with Crippen LogP contribution in [0, 0.1) is 0 Å². The predicted octanol–water partition coefficient (Wildman–Crippen LogP) is 1.49. The summed E-state index contributed by atoms with van der Waals surface area (Å²) in [6, 6.07) is 5.72. The first-order chi connectivity index (χ1) is 9.99. The molecule has 0 saturated heterocycles. The molecule has 1 aromatic rings. The molecule has 0 fully saturated rings. The molecule has 0 aliphatic carbocycles. The highest BCUT2D eigenvalue weighted by molar-refractivity contribution is 6.04. The maximum absolute atomic E-state index is 12.2. The molecule has 1 atom stereocenters. The Kier molecular flexibility index (Phi) is 6.13. The van der Waals surface area contributed by atoms with E-state index >= 15 is 0 Å². The molecular formula is C15H18N2O4. The average molecular weight is 290 g/mol. The van der Waals surface area contributed by atoms with E-state index in [0.717, 1.165) is 0 Å². The zero-order valence-corrected chi connectivity index (χ0v) is 12.0. The molecule has 0 aliphatic heterocycles. The van der Waals surface area contributed by atoms with Crippen molar-refractivity contribution < 1.29 is 19.1 Å². The van der Waals surface area contributed by atoms with Gasteiger partial charge in [0.2, 0.25) is 5.91 Å². The molecule has 0 heterocycles. The summed E-state index contributed by atoms with van der Waals surface area (Å²) in [4.78, 5) is 35.0. The molecule has 112 valence electrons. The maximum Gasteiger partial charge on any atom is 0.328 e. The Hall–Kier alpha value is -2.63. The van der Waals surface area contributed by atoms with Gasteiger partial charge in [0.15, 0.2) is 0 Å². The van der Waals surface area contributed by atoms with Gasteiger partial charge in [-0.25, -0.2) is 4.79 Å². The predicted molar refractivity (Wildman–Crippen MR) is 78.8 cm³/mol. The van der Waals surface area contributed by atoms with E-state index in [4.69, 9.17) is 0 Å². The van der Waals surface area contributed by atoms with Gasteiger partial charge < -0.3 is 15.4 Å². The number of amides is 2. The Labute approximate surface area is 123 Å². The Morgan fingerprint density at radius 1 is 1.33 bits per heavy atom. The summed E-state index contributed by atoms with van der Waals surface area (Å²) in [7, 11) is 1.25. The van der Waals surface area contributed by atoms with E-state index in [1.54, 1.807) is 24.3 Å². The fourth-order valence-corrected chi connectivity index (χ4v) is 1.74. The number of anilines is 1. The number of nitrogens with one attached hydrogen (secondary N) is 2. The fourth-order valence-electron chi connectivity index (χ4n) is 1.74. The van der Waals surface area contributed by atoms with Gasteiger partial charge in [0, 0.05) is 6.92 Å². The number of hydrogen-bond donors (Lipinski definition) is 2. The summed E-state index contributed by atoms with van der Waals surface area (Å²) in [6.45, 7) is 4.89. The molecule has 1 aromatic carbocycles. The first-order valence-electron chi connectivity index (χ1n) is 6.35. The van der Waals surface area contributed by atoms with Gasteiger partial charge in [0.25, 0.3) is 5.91 Å². The minimum atomic E-state index is -0.814. The molecule has 0 radical (unpaired) electrons. The topological polar surface area (TPSA) is 84.5 Å². The van der Waals surface area contributed by atoms with E-state index in [1.807, 2.05) is 0 Å². The van der Waals surface area contributed by atoms with Crippen LogP contribution in [0.15, 0.2) is 36.9 Å². The highest BCUT2D eigenvalue weighted by Gasteiger charge is 2.22. The van der Waals surface area contributed by atoms with E-state index in [9.17, 15) is 14.4 Å². The standard InChI is InChI=1S/C15H18N2O4/c1-4-7-13(15(20)21-3)17-14(19)11-8-5-6-9-12(11)16-10(2)18/h4-6,8-9,13H,1,7H2,2-3H3,(H,16,18)(H,17,19)/t13-/m0/s1. The minimum absolute atomic E-state index is 0.251. The van der Waals surface area contributed by atoms with E-state index < -0.39 is 17.9 Å². The SMILES string of the molecule is C=CC[C@H](NC(=O)c1ccccc1NC(C)=O)C(=O)OC. The third kappa shape index (κ3) is 4.76. The molecule has 1 rings (SSSR count). The van der Waals surface area contributed by atoms with Crippen LogP contribution in [0.25, 0.3) is 0 Å². The highest BCUT2D eigenvalue weighted by atomic mass is 16.5. The Bertz CT molecular complexity index is 554. The van der Waals surface area contributed by atoms with Gasteiger partial charge in [-0.05, 0) is 18.6 Å². The molecule has 6 heteroatoms. The van der Waals surface area contributed by atoms with Crippen molar-refractivity contribution in [2.75, 3.05) is 12.4 Å². The number of rotatable bonds is 6. The first-order valence-corrected chi connectivity index (χ1v) is 6.35. The average Bonchev–Trinajstić information content (AvgIpc) is 2.45. The lowest BCUT2D eigenvalue weighted by molar-refractivity contribution is -0.142. The molecule has 6 nitrogen and oxygen atoms in total. The Balaban J connectivity index is 2.94. The largest absolute Gasteiger partial charge is 0.467 e. The number of benzene rings is 1. The number of carbonyl (C=O) groups is 3. The second-order valence-electron chi connectivity index (χ2n) is 4.30. The first kappa shape index (κ1) is 16.4. The number of carbonyl (C=O) groups excluding carboxylic acids is 3. The Morgan fingerprint density at radius 2 is 2.00 bits per heavy atom. The number of esters is 1. The molecule has 0 spiro atoms. The lowest BCUT2D eigenvalue weighted by Gasteiger charge is -2.16. The monoisotopic (exact) mass is 290 g/mol. The molecule has 2 amide bonds. The molecule has 21 heavy (non-hydrogen) atoms. The third-order valence-electron chi connectivity index (χ3n) is 2.68. The lowest BCUT2D eigenvalue weighted by Crippen LogP contribution is -2.41. The van der Waals surface area contributed by atoms with Gasteiger partial charge in [-0.3, -0.25) is 9.59 Å². The summed E-state index contributed by atoms with van der Waals surface area (Å²) in [5.74, 6) is -1.32. The van der Waals surface area contributed by atoms with Crippen LogP contribution in [-0.4, -0.2) is 30.9 Å². The van der Waals surface area contributed by atoms with Crippen molar-refractivity contribution in [2.24, 2.45) is 0 Å². The minimum Gasteiger partial charge on any atom is -0.467 e. The normalized spacial score (nSPS) is 11.1. The summed E-state index contributed by atoms with van der Waals surface area (Å²) in [6.07, 6.45) is 1.77. The van der Waals surface area contributed by atoms with Gasteiger partial charge in [-0.1, -0.05) is 18.2 Å². The highest BCUT2D eigenvalue weighted by Crippen LogP contribution is 2.15. The quantitative estimate of drug-likeness (QED) is 0.614. The van der Waals surface area contributed by atoms with Crippen molar-refractivity contribution in [3.05, 3.63) is 42.5 Å². The number of methoxy groups -OCH3 is 1. The van der Waals surface area contributed by atoms with Crippen LogP contribution in [0.4, 0.5) is 5.69 Å². The van der Waals surface area contributed by atoms with Crippen LogP contribution >= 0.6 is 0 Å². The van der Waals surface area contributed by atoms with Crippen LogP contribution in [-0.2, 0) is 14.3 Å². The summed E-state index contributed by atoms with van der Waals surface area (Å²) >= 11 is 0. The van der Waals surface area contributed by atoms with Gasteiger partial charge in [-0.15, -0.1) is 6.58 Å². The second-order valence-corrected chi connectivity index (χ2v) is 4.30. The van der Waals surface area contributed by atoms with Gasteiger partial charge in [0.1, 0.15) is 6.04 Å². The van der Waals surface area contributed by atoms with Crippen LogP contribution in [0.5, 0.6) is 0 Å². The van der Waals surface area contributed by atoms with Crippen molar-refractivity contribution in [3.8, 4) is 0 Å². The van der Waals surface area contributed by atoms with Gasteiger partial charge in [0.05, 0.1) is 18.4 Å².